The summed E-state index contributed by atoms with van der Waals surface area (Å²) in [7, 11) is 3.00. The zero-order chi connectivity index (χ0) is 34.6. The number of Topliss-reactive ketones (excluding diaryl/α,β-unsaturated/α-hetero) is 1. The van der Waals surface area contributed by atoms with Crippen LogP contribution in [0.1, 0.15) is 36.0 Å². The second-order valence-electron chi connectivity index (χ2n) is 11.5. The number of ether oxygens (including phenoxy) is 5. The third kappa shape index (κ3) is 10.5. The molecular weight excluding hydrogens is 624 g/mol. The molecular formula is C36H42O12. The highest BCUT2D eigenvalue weighted by molar-refractivity contribution is 5.87. The van der Waals surface area contributed by atoms with Crippen molar-refractivity contribution in [2.75, 3.05) is 20.8 Å². The molecule has 258 valence electrons. The maximum Gasteiger partial charge on any atom is 0.330 e. The van der Waals surface area contributed by atoms with Gasteiger partial charge < -0.3 is 49.2 Å². The molecule has 12 nitrogen and oxygen atoms in total. The Balaban J connectivity index is 1.38. The Hall–Kier alpha value is -4.46. The summed E-state index contributed by atoms with van der Waals surface area (Å²) in [4.78, 5) is 25.5. The number of benzene rings is 3. The Bertz CT molecular complexity index is 1500. The van der Waals surface area contributed by atoms with Crippen LogP contribution in [-0.4, -0.2) is 94.9 Å². The topological polar surface area (TPSA) is 181 Å². The van der Waals surface area contributed by atoms with Gasteiger partial charge in [-0.2, -0.15) is 0 Å². The average molecular weight is 667 g/mol. The van der Waals surface area contributed by atoms with E-state index in [-0.39, 0.29) is 30.1 Å². The average Bonchev–Trinajstić information content (AvgIpc) is 3.09. The van der Waals surface area contributed by atoms with Gasteiger partial charge >= 0.3 is 5.97 Å². The third-order valence-electron chi connectivity index (χ3n) is 7.98. The first-order valence-corrected chi connectivity index (χ1v) is 15.6. The standard InChI is InChI=1S/C36H42O12/c1-44-29-17-9-24(19-30(29)45-2)10-18-32(40)46-21-31-33(41)34(42)35(43)36(48-31)47-28(16-8-23-5-13-26(38)14-6-23)20-27(39)15-7-22-3-11-25(37)12-4-22/h3-6,9-14,17-19,28,31,33-38,41-43H,7-8,15-16,20-21H2,1-2H3/t28-,31+,33-,34+,35-,36-/m1/s1. The Morgan fingerprint density at radius 1 is 0.812 bits per heavy atom. The van der Waals surface area contributed by atoms with Gasteiger partial charge in [-0.3, -0.25) is 4.79 Å². The first kappa shape index (κ1) is 36.4. The predicted octanol–water partition coefficient (Wildman–Crippen LogP) is 3.09. The second-order valence-corrected chi connectivity index (χ2v) is 11.5. The third-order valence-corrected chi connectivity index (χ3v) is 7.98. The molecule has 0 radical (unpaired) electrons. The summed E-state index contributed by atoms with van der Waals surface area (Å²) in [6.07, 6.45) is -4.24. The largest absolute Gasteiger partial charge is 0.508 e. The Morgan fingerprint density at radius 2 is 1.44 bits per heavy atom. The second kappa shape index (κ2) is 17.6. The summed E-state index contributed by atoms with van der Waals surface area (Å²) >= 11 is 0. The summed E-state index contributed by atoms with van der Waals surface area (Å²) in [5.41, 5.74) is 2.40. The summed E-state index contributed by atoms with van der Waals surface area (Å²) < 4.78 is 27.6. The number of ketones is 1. The zero-order valence-corrected chi connectivity index (χ0v) is 26.8. The number of phenolic OH excluding ortho intramolecular Hbond substituents is 2. The maximum atomic E-state index is 13.0. The van der Waals surface area contributed by atoms with E-state index in [9.17, 15) is 35.1 Å². The lowest BCUT2D eigenvalue weighted by Crippen LogP contribution is -2.60. The highest BCUT2D eigenvalue weighted by Crippen LogP contribution is 2.29. The van der Waals surface area contributed by atoms with Crippen molar-refractivity contribution in [3.63, 3.8) is 0 Å². The van der Waals surface area contributed by atoms with Crippen LogP contribution in [0.2, 0.25) is 0 Å². The fourth-order valence-electron chi connectivity index (χ4n) is 5.20. The summed E-state index contributed by atoms with van der Waals surface area (Å²) in [6.45, 7) is -0.455. The molecule has 12 heteroatoms. The molecule has 0 amide bonds. The molecule has 1 aliphatic rings. The van der Waals surface area contributed by atoms with Gasteiger partial charge in [-0.05, 0) is 78.4 Å². The lowest BCUT2D eigenvalue weighted by Gasteiger charge is -2.41. The van der Waals surface area contributed by atoms with E-state index in [0.717, 1.165) is 11.1 Å². The number of aromatic hydroxyl groups is 2. The number of phenols is 2. The molecule has 1 fully saturated rings. The number of methoxy groups -OCH3 is 2. The summed E-state index contributed by atoms with van der Waals surface area (Å²) in [6, 6.07) is 18.2. The lowest BCUT2D eigenvalue weighted by atomic mass is 9.98. The molecule has 6 atom stereocenters. The number of carbonyl (C=O) groups excluding carboxylic acids is 2. The number of carbonyl (C=O) groups is 2. The SMILES string of the molecule is COc1ccc(C=CC(=O)OC[C@@H]2O[C@@H](O[C@H](CCc3ccc(O)cc3)CC(=O)CCc3ccc(O)cc3)[C@H](O)[C@@H](O)[C@@H]2O)cc1OC. The van der Waals surface area contributed by atoms with E-state index < -0.39 is 49.4 Å². The molecule has 4 rings (SSSR count). The first-order chi connectivity index (χ1) is 23.1. The van der Waals surface area contributed by atoms with E-state index in [1.54, 1.807) is 66.7 Å². The minimum absolute atomic E-state index is 0.0258. The van der Waals surface area contributed by atoms with Crippen LogP contribution in [-0.2, 0) is 36.6 Å². The maximum absolute atomic E-state index is 13.0. The fourth-order valence-corrected chi connectivity index (χ4v) is 5.20. The van der Waals surface area contributed by atoms with Crippen molar-refractivity contribution >= 4 is 17.8 Å². The Labute approximate surface area is 278 Å². The summed E-state index contributed by atoms with van der Waals surface area (Å²) in [5.74, 6) is 0.390. The van der Waals surface area contributed by atoms with Crippen LogP contribution in [0.4, 0.5) is 0 Å². The van der Waals surface area contributed by atoms with Gasteiger partial charge in [-0.1, -0.05) is 30.3 Å². The molecule has 0 bridgehead atoms. The molecule has 0 aliphatic carbocycles. The quantitative estimate of drug-likeness (QED) is 0.112. The minimum atomic E-state index is -1.68. The minimum Gasteiger partial charge on any atom is -0.508 e. The molecule has 1 aliphatic heterocycles. The van der Waals surface area contributed by atoms with E-state index in [4.69, 9.17) is 23.7 Å². The number of rotatable bonds is 16. The van der Waals surface area contributed by atoms with Crippen molar-refractivity contribution in [2.24, 2.45) is 0 Å². The van der Waals surface area contributed by atoms with Gasteiger partial charge in [-0.25, -0.2) is 4.79 Å². The fraction of sp³-hybridized carbons (Fsp3) is 0.389. The predicted molar refractivity (Wildman–Crippen MR) is 174 cm³/mol. The van der Waals surface area contributed by atoms with Gasteiger partial charge in [-0.15, -0.1) is 0 Å². The number of hydrogen-bond acceptors (Lipinski definition) is 12. The number of hydrogen-bond donors (Lipinski definition) is 5. The van der Waals surface area contributed by atoms with Crippen LogP contribution in [0.3, 0.4) is 0 Å². The molecule has 3 aromatic carbocycles. The van der Waals surface area contributed by atoms with Crippen LogP contribution in [0.5, 0.6) is 23.0 Å². The van der Waals surface area contributed by atoms with Gasteiger partial charge in [0.2, 0.25) is 0 Å². The monoisotopic (exact) mass is 666 g/mol. The van der Waals surface area contributed by atoms with Gasteiger partial charge in [0.15, 0.2) is 17.8 Å². The first-order valence-electron chi connectivity index (χ1n) is 15.6. The molecule has 0 spiro atoms. The number of esters is 1. The number of aliphatic hydroxyl groups excluding tert-OH is 3. The molecule has 48 heavy (non-hydrogen) atoms. The molecule has 1 heterocycles. The van der Waals surface area contributed by atoms with E-state index in [2.05, 4.69) is 0 Å². The van der Waals surface area contributed by atoms with Crippen molar-refractivity contribution < 1.29 is 58.8 Å². The molecule has 1 saturated heterocycles. The van der Waals surface area contributed by atoms with E-state index in [1.165, 1.54) is 26.4 Å². The van der Waals surface area contributed by atoms with Crippen LogP contribution in [0.15, 0.2) is 72.8 Å². The van der Waals surface area contributed by atoms with Crippen molar-refractivity contribution in [3.8, 4) is 23.0 Å². The smallest absolute Gasteiger partial charge is 0.330 e. The van der Waals surface area contributed by atoms with Gasteiger partial charge in [0.25, 0.3) is 0 Å². The highest BCUT2D eigenvalue weighted by atomic mass is 16.7. The van der Waals surface area contributed by atoms with Crippen LogP contribution in [0, 0.1) is 0 Å². The van der Waals surface area contributed by atoms with Crippen molar-refractivity contribution in [1.29, 1.82) is 0 Å². The van der Waals surface area contributed by atoms with Crippen molar-refractivity contribution in [3.05, 3.63) is 89.5 Å². The normalized spacial score (nSPS) is 21.5. The van der Waals surface area contributed by atoms with E-state index in [1.807, 2.05) is 0 Å². The Morgan fingerprint density at radius 3 is 2.06 bits per heavy atom. The lowest BCUT2D eigenvalue weighted by molar-refractivity contribution is -0.311. The van der Waals surface area contributed by atoms with Crippen LogP contribution >= 0.6 is 0 Å². The Kier molecular flexibility index (Phi) is 13.4. The van der Waals surface area contributed by atoms with E-state index >= 15 is 0 Å². The molecule has 3 aromatic rings. The van der Waals surface area contributed by atoms with Crippen LogP contribution < -0.4 is 9.47 Å². The molecule has 5 N–H and O–H groups in total. The van der Waals surface area contributed by atoms with Crippen molar-refractivity contribution in [2.45, 2.75) is 68.9 Å². The van der Waals surface area contributed by atoms with Crippen LogP contribution in [0.25, 0.3) is 6.08 Å². The van der Waals surface area contributed by atoms with Gasteiger partial charge in [0.1, 0.15) is 48.3 Å². The zero-order valence-electron chi connectivity index (χ0n) is 26.8. The van der Waals surface area contributed by atoms with E-state index in [0.29, 0.717) is 36.3 Å². The molecule has 0 aromatic heterocycles. The van der Waals surface area contributed by atoms with Gasteiger partial charge in [0.05, 0.1) is 20.3 Å². The van der Waals surface area contributed by atoms with Crippen molar-refractivity contribution in [1.82, 2.24) is 0 Å². The number of aryl methyl sites for hydroxylation is 2. The molecule has 0 unspecified atom stereocenters. The molecule has 0 saturated carbocycles. The van der Waals surface area contributed by atoms with Gasteiger partial charge in [0, 0.05) is 18.9 Å². The highest BCUT2D eigenvalue weighted by Gasteiger charge is 2.45. The number of aliphatic hydroxyl groups is 3. The summed E-state index contributed by atoms with van der Waals surface area (Å²) in [5, 5.41) is 51.1.